The van der Waals surface area contributed by atoms with E-state index in [2.05, 4.69) is 10.1 Å². The summed E-state index contributed by atoms with van der Waals surface area (Å²) in [6.07, 6.45) is 5.92. The molecular weight excluding hydrogens is 280 g/mol. The molecule has 1 saturated carbocycles. The number of amides is 1. The quantitative estimate of drug-likeness (QED) is 0.925. The van der Waals surface area contributed by atoms with Crippen molar-refractivity contribution >= 4 is 5.91 Å². The third kappa shape index (κ3) is 2.89. The molecule has 1 aliphatic carbocycles. The zero-order valence-electron chi connectivity index (χ0n) is 13.5. The first kappa shape index (κ1) is 15.5. The SMILES string of the molecule is CC(C)C(=O)N1CCC(c2nc(C3(N)CCCC3)no2)CC1. The molecule has 0 aromatic carbocycles. The van der Waals surface area contributed by atoms with Gasteiger partial charge in [0.2, 0.25) is 11.8 Å². The standard InChI is InChI=1S/C16H26N4O2/c1-11(2)14(21)20-9-5-12(6-10-20)13-18-15(19-22-13)16(17)7-3-4-8-16/h11-12H,3-10,17H2,1-2H3. The minimum atomic E-state index is -0.393. The lowest BCUT2D eigenvalue weighted by Gasteiger charge is -2.31. The van der Waals surface area contributed by atoms with Gasteiger partial charge in [-0.05, 0) is 25.7 Å². The molecule has 0 radical (unpaired) electrons. The number of carbonyl (C=O) groups is 1. The zero-order valence-corrected chi connectivity index (χ0v) is 13.5. The second-order valence-electron chi connectivity index (χ2n) is 7.07. The molecule has 0 atom stereocenters. The van der Waals surface area contributed by atoms with Gasteiger partial charge in [0.1, 0.15) is 0 Å². The summed E-state index contributed by atoms with van der Waals surface area (Å²) < 4.78 is 5.48. The van der Waals surface area contributed by atoms with Gasteiger partial charge in [0.15, 0.2) is 5.82 Å². The number of nitrogens with two attached hydrogens (primary N) is 1. The Balaban J connectivity index is 1.62. The van der Waals surface area contributed by atoms with Gasteiger partial charge in [-0.2, -0.15) is 4.98 Å². The maximum Gasteiger partial charge on any atom is 0.229 e. The molecule has 0 spiro atoms. The van der Waals surface area contributed by atoms with Crippen molar-refractivity contribution in [3.05, 3.63) is 11.7 Å². The summed E-state index contributed by atoms with van der Waals surface area (Å²) in [4.78, 5) is 18.6. The fourth-order valence-corrected chi connectivity index (χ4v) is 3.54. The Morgan fingerprint density at radius 1 is 1.32 bits per heavy atom. The van der Waals surface area contributed by atoms with Crippen molar-refractivity contribution in [1.29, 1.82) is 0 Å². The van der Waals surface area contributed by atoms with Gasteiger partial charge in [0, 0.05) is 24.9 Å². The molecule has 0 unspecified atom stereocenters. The van der Waals surface area contributed by atoms with Crippen LogP contribution >= 0.6 is 0 Å². The first-order chi connectivity index (χ1) is 10.5. The van der Waals surface area contributed by atoms with Gasteiger partial charge in [0.25, 0.3) is 0 Å². The molecule has 122 valence electrons. The number of carbonyl (C=O) groups excluding carboxylic acids is 1. The van der Waals surface area contributed by atoms with Gasteiger partial charge in [-0.15, -0.1) is 0 Å². The first-order valence-electron chi connectivity index (χ1n) is 8.41. The molecule has 22 heavy (non-hydrogen) atoms. The van der Waals surface area contributed by atoms with E-state index in [0.29, 0.717) is 11.7 Å². The van der Waals surface area contributed by atoms with E-state index in [1.165, 1.54) is 0 Å². The molecule has 2 aliphatic rings. The van der Waals surface area contributed by atoms with Crippen LogP contribution in [0.1, 0.15) is 70.0 Å². The monoisotopic (exact) mass is 306 g/mol. The molecule has 2 fully saturated rings. The number of nitrogens with zero attached hydrogens (tertiary/aromatic N) is 3. The van der Waals surface area contributed by atoms with E-state index in [1.54, 1.807) is 0 Å². The molecule has 1 saturated heterocycles. The van der Waals surface area contributed by atoms with E-state index in [9.17, 15) is 4.79 Å². The van der Waals surface area contributed by atoms with Crippen LogP contribution in [0.15, 0.2) is 4.52 Å². The molecule has 1 amide bonds. The van der Waals surface area contributed by atoms with E-state index in [-0.39, 0.29) is 17.7 Å². The molecule has 0 bridgehead atoms. The van der Waals surface area contributed by atoms with Gasteiger partial charge >= 0.3 is 0 Å². The first-order valence-corrected chi connectivity index (χ1v) is 8.41. The normalized spacial score (nSPS) is 22.5. The summed E-state index contributed by atoms with van der Waals surface area (Å²) in [5.74, 6) is 1.91. The number of aromatic nitrogens is 2. The second kappa shape index (κ2) is 5.99. The Morgan fingerprint density at radius 3 is 2.55 bits per heavy atom. The van der Waals surface area contributed by atoms with Crippen molar-refractivity contribution in [2.75, 3.05) is 13.1 Å². The van der Waals surface area contributed by atoms with Gasteiger partial charge < -0.3 is 15.2 Å². The van der Waals surface area contributed by atoms with Crippen LogP contribution in [0.3, 0.4) is 0 Å². The molecule has 1 aromatic rings. The zero-order chi connectivity index (χ0) is 15.7. The second-order valence-corrected chi connectivity index (χ2v) is 7.07. The predicted octanol–water partition coefficient (Wildman–Crippen LogP) is 2.16. The lowest BCUT2D eigenvalue weighted by atomic mass is 9.95. The maximum absolute atomic E-state index is 12.0. The van der Waals surface area contributed by atoms with Crippen LogP contribution < -0.4 is 5.73 Å². The van der Waals surface area contributed by atoms with Crippen LogP contribution in [0.2, 0.25) is 0 Å². The van der Waals surface area contributed by atoms with E-state index in [1.807, 2.05) is 18.7 Å². The number of rotatable bonds is 3. The highest BCUT2D eigenvalue weighted by Gasteiger charge is 2.37. The Hall–Kier alpha value is -1.43. The van der Waals surface area contributed by atoms with Gasteiger partial charge in [-0.1, -0.05) is 31.8 Å². The van der Waals surface area contributed by atoms with Crippen LogP contribution in [0, 0.1) is 5.92 Å². The topological polar surface area (TPSA) is 85.2 Å². The van der Waals surface area contributed by atoms with Gasteiger partial charge in [-0.25, -0.2) is 0 Å². The highest BCUT2D eigenvalue weighted by atomic mass is 16.5. The van der Waals surface area contributed by atoms with E-state index >= 15 is 0 Å². The average Bonchev–Trinajstić information content (AvgIpc) is 3.16. The number of hydrogen-bond donors (Lipinski definition) is 1. The fourth-order valence-electron chi connectivity index (χ4n) is 3.54. The third-order valence-electron chi connectivity index (χ3n) is 5.03. The number of hydrogen-bond acceptors (Lipinski definition) is 5. The lowest BCUT2D eigenvalue weighted by Crippen LogP contribution is -2.40. The molecule has 1 aliphatic heterocycles. The van der Waals surface area contributed by atoms with Crippen LogP contribution in [-0.4, -0.2) is 34.0 Å². The smallest absolute Gasteiger partial charge is 0.229 e. The van der Waals surface area contributed by atoms with Crippen molar-refractivity contribution in [3.63, 3.8) is 0 Å². The molecule has 6 nitrogen and oxygen atoms in total. The summed E-state index contributed by atoms with van der Waals surface area (Å²) in [5.41, 5.74) is 5.99. The molecular formula is C16H26N4O2. The number of piperidine rings is 1. The predicted molar refractivity (Wildman–Crippen MR) is 82.0 cm³/mol. The van der Waals surface area contributed by atoms with Crippen LogP contribution in [-0.2, 0) is 10.3 Å². The Morgan fingerprint density at radius 2 is 1.95 bits per heavy atom. The Bertz CT molecular complexity index is 526. The minimum absolute atomic E-state index is 0.0611. The largest absolute Gasteiger partial charge is 0.342 e. The van der Waals surface area contributed by atoms with Crippen LogP contribution in [0.25, 0.3) is 0 Å². The van der Waals surface area contributed by atoms with Crippen molar-refractivity contribution in [2.24, 2.45) is 11.7 Å². The minimum Gasteiger partial charge on any atom is -0.342 e. The molecule has 3 rings (SSSR count). The van der Waals surface area contributed by atoms with Crippen molar-refractivity contribution in [2.45, 2.75) is 63.8 Å². The molecule has 2 N–H and O–H groups in total. The average molecular weight is 306 g/mol. The lowest BCUT2D eigenvalue weighted by molar-refractivity contribution is -0.135. The summed E-state index contributed by atoms with van der Waals surface area (Å²) in [6.45, 7) is 5.43. The Kier molecular flexibility index (Phi) is 4.21. The Labute approximate surface area is 131 Å². The maximum atomic E-state index is 12.0. The van der Waals surface area contributed by atoms with Gasteiger partial charge in [0.05, 0.1) is 5.54 Å². The van der Waals surface area contributed by atoms with Crippen LogP contribution in [0.4, 0.5) is 0 Å². The van der Waals surface area contributed by atoms with Crippen LogP contribution in [0.5, 0.6) is 0 Å². The third-order valence-corrected chi connectivity index (χ3v) is 5.03. The summed E-state index contributed by atoms with van der Waals surface area (Å²) in [5, 5.41) is 4.14. The van der Waals surface area contributed by atoms with Crippen molar-refractivity contribution < 1.29 is 9.32 Å². The molecule has 2 heterocycles. The van der Waals surface area contributed by atoms with E-state index < -0.39 is 5.54 Å². The molecule has 1 aromatic heterocycles. The van der Waals surface area contributed by atoms with E-state index in [4.69, 9.17) is 10.3 Å². The van der Waals surface area contributed by atoms with E-state index in [0.717, 1.165) is 51.6 Å². The van der Waals surface area contributed by atoms with Crippen molar-refractivity contribution in [1.82, 2.24) is 15.0 Å². The molecule has 6 heteroatoms. The highest BCUT2D eigenvalue weighted by Crippen LogP contribution is 2.36. The summed E-state index contributed by atoms with van der Waals surface area (Å²) in [7, 11) is 0. The number of likely N-dealkylation sites (tertiary alicyclic amines) is 1. The summed E-state index contributed by atoms with van der Waals surface area (Å²) >= 11 is 0. The van der Waals surface area contributed by atoms with Gasteiger partial charge in [-0.3, -0.25) is 4.79 Å². The fraction of sp³-hybridized carbons (Fsp3) is 0.812. The van der Waals surface area contributed by atoms with Crippen molar-refractivity contribution in [3.8, 4) is 0 Å². The highest BCUT2D eigenvalue weighted by molar-refractivity contribution is 5.78. The summed E-state index contributed by atoms with van der Waals surface area (Å²) in [6, 6.07) is 0.